The number of nitrogens with zero attached hydrogens (tertiary/aromatic N) is 2. The standard InChI is InChI=1S/C21H28N2O3S/c1-5-22(6-2)20(25)17-14-16(18(24)15-12-10-9-11-13-15)19(27-17)21(26)23(7-3)8-4/h9-14,18,24H,5-8H2,1-4H3. The van der Waals surface area contributed by atoms with E-state index in [4.69, 9.17) is 0 Å². The number of thiophene rings is 1. The Kier molecular flexibility index (Phi) is 7.56. The van der Waals surface area contributed by atoms with E-state index >= 15 is 0 Å². The molecule has 1 aromatic heterocycles. The van der Waals surface area contributed by atoms with Gasteiger partial charge in [0.15, 0.2) is 0 Å². The highest BCUT2D eigenvalue weighted by molar-refractivity contribution is 7.16. The Morgan fingerprint density at radius 2 is 1.44 bits per heavy atom. The van der Waals surface area contributed by atoms with E-state index in [9.17, 15) is 14.7 Å². The topological polar surface area (TPSA) is 60.9 Å². The summed E-state index contributed by atoms with van der Waals surface area (Å²) < 4.78 is 0. The summed E-state index contributed by atoms with van der Waals surface area (Å²) in [5.74, 6) is -0.251. The van der Waals surface area contributed by atoms with Crippen molar-refractivity contribution in [1.82, 2.24) is 9.80 Å². The molecule has 0 bridgehead atoms. The monoisotopic (exact) mass is 388 g/mol. The van der Waals surface area contributed by atoms with E-state index in [0.717, 1.165) is 0 Å². The van der Waals surface area contributed by atoms with Gasteiger partial charge in [0.25, 0.3) is 11.8 Å². The normalized spacial score (nSPS) is 11.9. The molecule has 27 heavy (non-hydrogen) atoms. The summed E-state index contributed by atoms with van der Waals surface area (Å²) in [7, 11) is 0. The zero-order chi connectivity index (χ0) is 20.0. The van der Waals surface area contributed by atoms with Gasteiger partial charge < -0.3 is 14.9 Å². The van der Waals surface area contributed by atoms with Gasteiger partial charge in [0.2, 0.25) is 0 Å². The van der Waals surface area contributed by atoms with Crippen LogP contribution in [0.4, 0.5) is 0 Å². The third kappa shape index (κ3) is 4.57. The predicted molar refractivity (Wildman–Crippen MR) is 109 cm³/mol. The van der Waals surface area contributed by atoms with Crippen molar-refractivity contribution in [3.63, 3.8) is 0 Å². The van der Waals surface area contributed by atoms with Crippen molar-refractivity contribution in [2.75, 3.05) is 26.2 Å². The van der Waals surface area contributed by atoms with Crippen LogP contribution in [-0.4, -0.2) is 52.9 Å². The van der Waals surface area contributed by atoms with E-state index < -0.39 is 6.10 Å². The maximum absolute atomic E-state index is 13.0. The summed E-state index contributed by atoms with van der Waals surface area (Å²) in [5.41, 5.74) is 1.20. The SMILES string of the molecule is CCN(CC)C(=O)c1cc(C(O)c2ccccc2)c(C(=O)N(CC)CC)s1. The zero-order valence-corrected chi connectivity index (χ0v) is 17.3. The van der Waals surface area contributed by atoms with Crippen LogP contribution in [-0.2, 0) is 0 Å². The van der Waals surface area contributed by atoms with Crippen molar-refractivity contribution in [3.05, 3.63) is 57.3 Å². The molecule has 0 spiro atoms. The molecule has 2 rings (SSSR count). The highest BCUT2D eigenvalue weighted by Gasteiger charge is 2.28. The van der Waals surface area contributed by atoms with E-state index in [1.807, 2.05) is 58.0 Å². The fourth-order valence-electron chi connectivity index (χ4n) is 3.02. The Labute approximate surface area is 165 Å². The highest BCUT2D eigenvalue weighted by atomic mass is 32.1. The lowest BCUT2D eigenvalue weighted by Gasteiger charge is -2.20. The van der Waals surface area contributed by atoms with Crippen LogP contribution >= 0.6 is 11.3 Å². The van der Waals surface area contributed by atoms with Gasteiger partial charge in [-0.25, -0.2) is 0 Å². The van der Waals surface area contributed by atoms with Crippen molar-refractivity contribution in [2.24, 2.45) is 0 Å². The number of rotatable bonds is 8. The van der Waals surface area contributed by atoms with Gasteiger partial charge in [0.05, 0.1) is 9.75 Å². The summed E-state index contributed by atoms with van der Waals surface area (Å²) in [6.45, 7) is 10.1. The number of hydrogen-bond donors (Lipinski definition) is 1. The Morgan fingerprint density at radius 1 is 0.926 bits per heavy atom. The van der Waals surface area contributed by atoms with Gasteiger partial charge in [-0.3, -0.25) is 9.59 Å². The second kappa shape index (κ2) is 9.67. The molecule has 0 radical (unpaired) electrons. The molecule has 1 heterocycles. The van der Waals surface area contributed by atoms with Crippen LogP contribution in [0.1, 0.15) is 64.3 Å². The van der Waals surface area contributed by atoms with E-state index in [-0.39, 0.29) is 11.8 Å². The molecule has 1 aromatic carbocycles. The van der Waals surface area contributed by atoms with Crippen LogP contribution in [0.3, 0.4) is 0 Å². The maximum Gasteiger partial charge on any atom is 0.264 e. The Morgan fingerprint density at radius 3 is 1.96 bits per heavy atom. The summed E-state index contributed by atoms with van der Waals surface area (Å²) >= 11 is 1.17. The van der Waals surface area contributed by atoms with E-state index in [1.54, 1.807) is 15.9 Å². The Balaban J connectivity index is 2.52. The molecule has 0 fully saturated rings. The number of aliphatic hydroxyl groups excluding tert-OH is 1. The number of carbonyl (C=O) groups is 2. The van der Waals surface area contributed by atoms with Crippen molar-refractivity contribution < 1.29 is 14.7 Å². The maximum atomic E-state index is 13.0. The number of aliphatic hydroxyl groups is 1. The van der Waals surface area contributed by atoms with Crippen LogP contribution in [0, 0.1) is 0 Å². The molecule has 1 N–H and O–H groups in total. The lowest BCUT2D eigenvalue weighted by molar-refractivity contribution is 0.0768. The second-order valence-corrected chi connectivity index (χ2v) is 7.22. The summed E-state index contributed by atoms with van der Waals surface area (Å²) in [4.78, 5) is 30.1. The minimum atomic E-state index is -0.949. The largest absolute Gasteiger partial charge is 0.384 e. The molecule has 1 atom stereocenters. The minimum Gasteiger partial charge on any atom is -0.384 e. The smallest absolute Gasteiger partial charge is 0.264 e. The first-order valence-corrected chi connectivity index (χ1v) is 10.2. The molecule has 0 aliphatic heterocycles. The lowest BCUT2D eigenvalue weighted by Crippen LogP contribution is -2.30. The first-order chi connectivity index (χ1) is 13.0. The molecule has 2 aromatic rings. The van der Waals surface area contributed by atoms with Crippen LogP contribution < -0.4 is 0 Å². The molecule has 0 aliphatic carbocycles. The van der Waals surface area contributed by atoms with Gasteiger partial charge in [-0.05, 0) is 39.3 Å². The first-order valence-electron chi connectivity index (χ1n) is 9.43. The summed E-state index contributed by atoms with van der Waals surface area (Å²) in [5, 5.41) is 10.9. The van der Waals surface area contributed by atoms with E-state index in [1.165, 1.54) is 11.3 Å². The van der Waals surface area contributed by atoms with Crippen molar-refractivity contribution in [1.29, 1.82) is 0 Å². The quantitative estimate of drug-likeness (QED) is 0.748. The van der Waals surface area contributed by atoms with Gasteiger partial charge in [0.1, 0.15) is 6.10 Å². The number of amides is 2. The van der Waals surface area contributed by atoms with Crippen molar-refractivity contribution >= 4 is 23.2 Å². The average molecular weight is 389 g/mol. The molecular formula is C21H28N2O3S. The molecule has 1 unspecified atom stereocenters. The predicted octanol–water partition coefficient (Wildman–Crippen LogP) is 3.79. The fraction of sp³-hybridized carbons (Fsp3) is 0.429. The van der Waals surface area contributed by atoms with Crippen LogP contribution in [0.5, 0.6) is 0 Å². The van der Waals surface area contributed by atoms with Crippen molar-refractivity contribution in [2.45, 2.75) is 33.8 Å². The molecule has 0 saturated carbocycles. The van der Waals surface area contributed by atoms with Crippen LogP contribution in [0.25, 0.3) is 0 Å². The Bertz CT molecular complexity index is 765. The van der Waals surface area contributed by atoms with Gasteiger partial charge >= 0.3 is 0 Å². The lowest BCUT2D eigenvalue weighted by atomic mass is 10.0. The van der Waals surface area contributed by atoms with Crippen LogP contribution in [0.15, 0.2) is 36.4 Å². The second-order valence-electron chi connectivity index (χ2n) is 6.16. The number of benzene rings is 1. The minimum absolute atomic E-state index is 0.106. The van der Waals surface area contributed by atoms with Crippen LogP contribution in [0.2, 0.25) is 0 Å². The van der Waals surface area contributed by atoms with E-state index in [2.05, 4.69) is 0 Å². The van der Waals surface area contributed by atoms with E-state index in [0.29, 0.717) is 47.1 Å². The van der Waals surface area contributed by atoms with Gasteiger partial charge in [-0.1, -0.05) is 30.3 Å². The van der Waals surface area contributed by atoms with Gasteiger partial charge in [-0.2, -0.15) is 0 Å². The summed E-state index contributed by atoms with van der Waals surface area (Å²) in [6.07, 6.45) is -0.949. The van der Waals surface area contributed by atoms with Crippen molar-refractivity contribution in [3.8, 4) is 0 Å². The zero-order valence-electron chi connectivity index (χ0n) is 16.4. The third-order valence-electron chi connectivity index (χ3n) is 4.68. The number of hydrogen-bond acceptors (Lipinski definition) is 4. The highest BCUT2D eigenvalue weighted by Crippen LogP contribution is 2.33. The summed E-state index contributed by atoms with van der Waals surface area (Å²) in [6, 6.07) is 10.9. The molecule has 0 saturated heterocycles. The fourth-order valence-corrected chi connectivity index (χ4v) is 4.14. The molecule has 2 amide bonds. The molecule has 0 aliphatic rings. The number of carbonyl (C=O) groups excluding carboxylic acids is 2. The average Bonchev–Trinajstić information content (AvgIpc) is 3.15. The third-order valence-corrected chi connectivity index (χ3v) is 5.80. The first kappa shape index (κ1) is 21.1. The Hall–Kier alpha value is -2.18. The van der Waals surface area contributed by atoms with Gasteiger partial charge in [-0.15, -0.1) is 11.3 Å². The molecular weight excluding hydrogens is 360 g/mol. The molecule has 5 nitrogen and oxygen atoms in total. The van der Waals surface area contributed by atoms with Gasteiger partial charge in [0, 0.05) is 31.7 Å². The molecule has 146 valence electrons. The molecule has 6 heteroatoms.